The molecule has 0 bridgehead atoms. The molecule has 1 aromatic heterocycles. The number of urea groups is 1. The van der Waals surface area contributed by atoms with Crippen LogP contribution >= 0.6 is 11.3 Å². The number of anilines is 1. The lowest BCUT2D eigenvalue weighted by molar-refractivity contribution is 0.0594. The summed E-state index contributed by atoms with van der Waals surface area (Å²) in [7, 11) is 2.94. The number of carbonyl (C=O) groups is 2. The maximum Gasteiger partial charge on any atom is 0.357 e. The average molecular weight is 391 g/mol. The van der Waals surface area contributed by atoms with Crippen LogP contribution in [0.2, 0.25) is 0 Å². The number of ether oxygens (including phenoxy) is 2. The molecule has 0 saturated carbocycles. The van der Waals surface area contributed by atoms with Crippen molar-refractivity contribution in [2.45, 2.75) is 26.3 Å². The number of rotatable bonds is 9. The minimum absolute atomic E-state index is 0.217. The molecule has 0 fully saturated rings. The van der Waals surface area contributed by atoms with Crippen LogP contribution < -0.4 is 5.32 Å². The first-order chi connectivity index (χ1) is 13.1. The fraction of sp³-hybridized carbons (Fsp3) is 0.421. The second-order valence-corrected chi connectivity index (χ2v) is 6.81. The van der Waals surface area contributed by atoms with Crippen LogP contribution in [0, 0.1) is 0 Å². The maximum atomic E-state index is 12.7. The second kappa shape index (κ2) is 10.6. The van der Waals surface area contributed by atoms with E-state index in [9.17, 15) is 9.59 Å². The van der Waals surface area contributed by atoms with Gasteiger partial charge in [-0.25, -0.2) is 14.6 Å². The number of carbonyl (C=O) groups excluding carboxylic acids is 2. The van der Waals surface area contributed by atoms with Gasteiger partial charge in [0.25, 0.3) is 0 Å². The second-order valence-electron chi connectivity index (χ2n) is 5.87. The molecule has 2 amide bonds. The Morgan fingerprint density at radius 3 is 2.59 bits per heavy atom. The van der Waals surface area contributed by atoms with Crippen LogP contribution in [-0.4, -0.2) is 49.3 Å². The molecule has 1 N–H and O–H groups in total. The molecule has 0 aliphatic heterocycles. The number of nitrogens with zero attached hydrogens (tertiary/aromatic N) is 2. The van der Waals surface area contributed by atoms with Crippen LogP contribution in [0.5, 0.6) is 0 Å². The van der Waals surface area contributed by atoms with Crippen molar-refractivity contribution < 1.29 is 19.1 Å². The van der Waals surface area contributed by atoms with E-state index >= 15 is 0 Å². The molecule has 0 aliphatic carbocycles. The van der Waals surface area contributed by atoms with Crippen molar-refractivity contribution in [2.24, 2.45) is 0 Å². The van der Waals surface area contributed by atoms with Gasteiger partial charge in [-0.2, -0.15) is 0 Å². The Hall–Kier alpha value is -2.45. The highest BCUT2D eigenvalue weighted by Crippen LogP contribution is 2.16. The Bertz CT molecular complexity index is 746. The number of aryl methyl sites for hydroxylation is 1. The Morgan fingerprint density at radius 2 is 1.96 bits per heavy atom. The van der Waals surface area contributed by atoms with Crippen molar-refractivity contribution in [2.75, 3.05) is 32.7 Å². The zero-order valence-corrected chi connectivity index (χ0v) is 16.7. The monoisotopic (exact) mass is 391 g/mol. The van der Waals surface area contributed by atoms with Gasteiger partial charge in [0.05, 0.1) is 13.7 Å². The average Bonchev–Trinajstić information content (AvgIpc) is 3.16. The van der Waals surface area contributed by atoms with Gasteiger partial charge in [-0.15, -0.1) is 11.3 Å². The maximum absolute atomic E-state index is 12.7. The highest BCUT2D eigenvalue weighted by atomic mass is 32.1. The summed E-state index contributed by atoms with van der Waals surface area (Å²) in [6, 6.07) is 7.55. The molecule has 8 heteroatoms. The van der Waals surface area contributed by atoms with Gasteiger partial charge in [-0.1, -0.05) is 19.1 Å². The van der Waals surface area contributed by atoms with Crippen molar-refractivity contribution in [1.82, 2.24) is 9.88 Å². The van der Waals surface area contributed by atoms with Crippen LogP contribution in [0.1, 0.15) is 34.4 Å². The van der Waals surface area contributed by atoms with Crippen molar-refractivity contribution in [3.05, 3.63) is 45.9 Å². The van der Waals surface area contributed by atoms with Gasteiger partial charge in [0.15, 0.2) is 5.69 Å². The number of hydrogen-bond acceptors (Lipinski definition) is 6. The summed E-state index contributed by atoms with van der Waals surface area (Å²) in [5, 5.41) is 5.22. The molecule has 2 rings (SSSR count). The summed E-state index contributed by atoms with van der Waals surface area (Å²) in [5.74, 6) is -0.483. The van der Waals surface area contributed by atoms with E-state index in [0.29, 0.717) is 31.1 Å². The molecule has 0 aliphatic rings. The predicted molar refractivity (Wildman–Crippen MR) is 105 cm³/mol. The SMILES string of the molecule is CCc1ccc(NC(=O)N(CCCOC)Cc2nc(C(=O)OC)cs2)cc1. The zero-order valence-electron chi connectivity index (χ0n) is 15.9. The van der Waals surface area contributed by atoms with E-state index < -0.39 is 5.97 Å². The van der Waals surface area contributed by atoms with Gasteiger partial charge in [0, 0.05) is 31.3 Å². The van der Waals surface area contributed by atoms with Gasteiger partial charge in [0.2, 0.25) is 0 Å². The Kier molecular flexibility index (Phi) is 8.22. The fourth-order valence-corrected chi connectivity index (χ4v) is 3.20. The molecular weight excluding hydrogens is 366 g/mol. The summed E-state index contributed by atoms with van der Waals surface area (Å²) >= 11 is 1.32. The van der Waals surface area contributed by atoms with Crippen molar-refractivity contribution in [1.29, 1.82) is 0 Å². The van der Waals surface area contributed by atoms with Gasteiger partial charge < -0.3 is 19.7 Å². The van der Waals surface area contributed by atoms with E-state index in [2.05, 4.69) is 22.0 Å². The normalized spacial score (nSPS) is 10.5. The van der Waals surface area contributed by atoms with E-state index in [4.69, 9.17) is 4.74 Å². The number of methoxy groups -OCH3 is 2. The smallest absolute Gasteiger partial charge is 0.357 e. The molecule has 27 heavy (non-hydrogen) atoms. The minimum Gasteiger partial charge on any atom is -0.464 e. The number of benzene rings is 1. The highest BCUT2D eigenvalue weighted by Gasteiger charge is 2.18. The standard InChI is InChI=1S/C19H25N3O4S/c1-4-14-6-8-15(9-7-14)20-19(24)22(10-5-11-25-2)12-17-21-16(13-27-17)18(23)26-3/h6-9,13H,4-5,10-12H2,1-3H3,(H,20,24). The summed E-state index contributed by atoms with van der Waals surface area (Å²) in [6.07, 6.45) is 1.65. The predicted octanol–water partition coefficient (Wildman–Crippen LogP) is 3.56. The van der Waals surface area contributed by atoms with Crippen LogP contribution in [-0.2, 0) is 22.4 Å². The first-order valence-corrected chi connectivity index (χ1v) is 9.61. The highest BCUT2D eigenvalue weighted by molar-refractivity contribution is 7.09. The molecule has 0 unspecified atom stereocenters. The molecule has 1 aromatic carbocycles. The molecule has 7 nitrogen and oxygen atoms in total. The third-order valence-corrected chi connectivity index (χ3v) is 4.78. The van der Waals surface area contributed by atoms with Crippen molar-refractivity contribution in [3.8, 4) is 0 Å². The van der Waals surface area contributed by atoms with Crippen LogP contribution in [0.25, 0.3) is 0 Å². The first-order valence-electron chi connectivity index (χ1n) is 8.73. The third kappa shape index (κ3) is 6.33. The van der Waals surface area contributed by atoms with Crippen molar-refractivity contribution in [3.63, 3.8) is 0 Å². The molecular formula is C19H25N3O4S. The van der Waals surface area contributed by atoms with Crippen molar-refractivity contribution >= 4 is 29.0 Å². The van der Waals surface area contributed by atoms with E-state index in [-0.39, 0.29) is 11.7 Å². The van der Waals surface area contributed by atoms with E-state index in [0.717, 1.165) is 12.1 Å². The summed E-state index contributed by atoms with van der Waals surface area (Å²) in [5.41, 5.74) is 2.20. The topological polar surface area (TPSA) is 80.8 Å². The zero-order chi connectivity index (χ0) is 19.6. The molecule has 2 aromatic rings. The largest absolute Gasteiger partial charge is 0.464 e. The molecule has 0 radical (unpaired) electrons. The Labute approximate surface area is 163 Å². The minimum atomic E-state index is -0.483. The van der Waals surface area contributed by atoms with E-state index in [1.807, 2.05) is 24.3 Å². The van der Waals surface area contributed by atoms with Crippen LogP contribution in [0.4, 0.5) is 10.5 Å². The molecule has 1 heterocycles. The number of amides is 2. The Balaban J connectivity index is 2.06. The number of aromatic nitrogens is 1. The summed E-state index contributed by atoms with van der Waals surface area (Å²) in [6.45, 7) is 3.46. The summed E-state index contributed by atoms with van der Waals surface area (Å²) in [4.78, 5) is 30.2. The number of hydrogen-bond donors (Lipinski definition) is 1. The lowest BCUT2D eigenvalue weighted by Crippen LogP contribution is -2.35. The van der Waals surface area contributed by atoms with Crippen LogP contribution in [0.3, 0.4) is 0 Å². The van der Waals surface area contributed by atoms with Gasteiger partial charge >= 0.3 is 12.0 Å². The van der Waals surface area contributed by atoms with E-state index in [1.54, 1.807) is 17.4 Å². The van der Waals surface area contributed by atoms with Gasteiger partial charge in [0.1, 0.15) is 5.01 Å². The molecule has 0 atom stereocenters. The van der Waals surface area contributed by atoms with Gasteiger partial charge in [-0.3, -0.25) is 0 Å². The van der Waals surface area contributed by atoms with Crippen LogP contribution in [0.15, 0.2) is 29.6 Å². The third-order valence-electron chi connectivity index (χ3n) is 3.95. The molecule has 0 spiro atoms. The lowest BCUT2D eigenvalue weighted by atomic mass is 10.1. The Morgan fingerprint density at radius 1 is 1.22 bits per heavy atom. The first kappa shape index (κ1) is 20.9. The van der Waals surface area contributed by atoms with Gasteiger partial charge in [-0.05, 0) is 30.5 Å². The molecule has 0 saturated heterocycles. The quantitative estimate of drug-likeness (QED) is 0.522. The lowest BCUT2D eigenvalue weighted by Gasteiger charge is -2.22. The number of nitrogens with one attached hydrogen (secondary N) is 1. The number of esters is 1. The number of thiazole rings is 1. The molecule has 146 valence electrons. The fourth-order valence-electron chi connectivity index (χ4n) is 2.42. The van der Waals surface area contributed by atoms with E-state index in [1.165, 1.54) is 24.0 Å². The summed E-state index contributed by atoms with van der Waals surface area (Å²) < 4.78 is 9.76.